The molecule has 0 atom stereocenters. The van der Waals surface area contributed by atoms with E-state index in [1.54, 1.807) is 13.0 Å². The summed E-state index contributed by atoms with van der Waals surface area (Å²) in [6.45, 7) is 5.81. The summed E-state index contributed by atoms with van der Waals surface area (Å²) in [7, 11) is 0. The highest BCUT2D eigenvalue weighted by Crippen LogP contribution is 2.29. The van der Waals surface area contributed by atoms with Gasteiger partial charge in [0.25, 0.3) is 0 Å². The van der Waals surface area contributed by atoms with Gasteiger partial charge in [0.05, 0.1) is 19.4 Å². The third-order valence-corrected chi connectivity index (χ3v) is 3.64. The van der Waals surface area contributed by atoms with E-state index < -0.39 is 0 Å². The van der Waals surface area contributed by atoms with E-state index in [0.29, 0.717) is 17.9 Å². The van der Waals surface area contributed by atoms with Gasteiger partial charge in [0.2, 0.25) is 0 Å². The van der Waals surface area contributed by atoms with Crippen LogP contribution in [0, 0.1) is 0 Å². The van der Waals surface area contributed by atoms with Crippen molar-refractivity contribution in [1.29, 1.82) is 0 Å². The number of nitrogens with zero attached hydrogens (tertiary/aromatic N) is 2. The van der Waals surface area contributed by atoms with Gasteiger partial charge in [-0.3, -0.25) is 4.99 Å². The van der Waals surface area contributed by atoms with Crippen LogP contribution < -0.4 is 4.90 Å². The third-order valence-electron chi connectivity index (χ3n) is 3.64. The van der Waals surface area contributed by atoms with Gasteiger partial charge >= 0.3 is 5.97 Å². The first-order chi connectivity index (χ1) is 10.7. The van der Waals surface area contributed by atoms with Crippen LogP contribution in [0.4, 0.5) is 5.69 Å². The Morgan fingerprint density at radius 1 is 1.41 bits per heavy atom. The second-order valence-electron chi connectivity index (χ2n) is 5.01. The summed E-state index contributed by atoms with van der Waals surface area (Å²) < 4.78 is 10.6. The Morgan fingerprint density at radius 3 is 3.00 bits per heavy atom. The van der Waals surface area contributed by atoms with E-state index in [0.717, 1.165) is 30.2 Å². The van der Waals surface area contributed by atoms with Crippen molar-refractivity contribution in [1.82, 2.24) is 0 Å². The van der Waals surface area contributed by atoms with Crippen LogP contribution in [-0.4, -0.2) is 31.5 Å². The summed E-state index contributed by atoms with van der Waals surface area (Å²) in [4.78, 5) is 18.5. The first kappa shape index (κ1) is 14.4. The minimum absolute atomic E-state index is 0.340. The molecule has 22 heavy (non-hydrogen) atoms. The average molecular weight is 298 g/mol. The fourth-order valence-corrected chi connectivity index (χ4v) is 2.59. The zero-order chi connectivity index (χ0) is 15.5. The smallest absolute Gasteiger partial charge is 0.342 e. The number of benzene rings is 1. The molecular weight excluding hydrogens is 280 g/mol. The summed E-state index contributed by atoms with van der Waals surface area (Å²) in [6.07, 6.45) is 1.51. The highest BCUT2D eigenvalue weighted by Gasteiger charge is 2.19. The van der Waals surface area contributed by atoms with Gasteiger partial charge in [-0.2, -0.15) is 0 Å². The Hall–Kier alpha value is -2.56. The lowest BCUT2D eigenvalue weighted by Crippen LogP contribution is -2.24. The van der Waals surface area contributed by atoms with E-state index in [4.69, 9.17) is 9.15 Å². The predicted octanol–water partition coefficient (Wildman–Crippen LogP) is 3.36. The average Bonchev–Trinajstić information content (AvgIpc) is 3.16. The topological polar surface area (TPSA) is 55.0 Å². The fraction of sp³-hybridized carbons (Fsp3) is 0.294. The monoisotopic (exact) mass is 298 g/mol. The lowest BCUT2D eigenvalue weighted by molar-refractivity contribution is 0.0527. The molecule has 0 aliphatic carbocycles. The van der Waals surface area contributed by atoms with Crippen LogP contribution in [0.5, 0.6) is 0 Å². The lowest BCUT2D eigenvalue weighted by Gasteiger charge is -2.18. The number of rotatable bonds is 4. The van der Waals surface area contributed by atoms with Gasteiger partial charge in [-0.25, -0.2) is 4.79 Å². The van der Waals surface area contributed by atoms with Crippen molar-refractivity contribution in [3.8, 4) is 11.3 Å². The molecule has 1 aromatic carbocycles. The van der Waals surface area contributed by atoms with E-state index in [-0.39, 0.29) is 5.97 Å². The van der Waals surface area contributed by atoms with Gasteiger partial charge in [0.1, 0.15) is 17.2 Å². The number of aliphatic imine (C=N–C) groups is 1. The maximum atomic E-state index is 12.0. The van der Waals surface area contributed by atoms with Crippen molar-refractivity contribution in [2.45, 2.75) is 13.8 Å². The maximum Gasteiger partial charge on any atom is 0.342 e. The first-order valence-electron chi connectivity index (χ1n) is 7.34. The zero-order valence-electron chi connectivity index (χ0n) is 12.7. The van der Waals surface area contributed by atoms with Gasteiger partial charge in [0, 0.05) is 17.8 Å². The lowest BCUT2D eigenvalue weighted by atomic mass is 10.1. The van der Waals surface area contributed by atoms with E-state index in [2.05, 4.69) is 9.89 Å². The second-order valence-corrected chi connectivity index (χ2v) is 5.01. The van der Waals surface area contributed by atoms with Crippen molar-refractivity contribution in [2.24, 2.45) is 4.99 Å². The second kappa shape index (κ2) is 6.05. The highest BCUT2D eigenvalue weighted by atomic mass is 16.5. The first-order valence-corrected chi connectivity index (χ1v) is 7.34. The SMILES string of the molecule is CCOC(=O)c1ccoc1-c1cccc(N2CCN=C2C)c1. The summed E-state index contributed by atoms with van der Waals surface area (Å²) in [5, 5.41) is 0. The van der Waals surface area contributed by atoms with Crippen LogP contribution in [-0.2, 0) is 4.74 Å². The van der Waals surface area contributed by atoms with Crippen LogP contribution in [0.3, 0.4) is 0 Å². The fourth-order valence-electron chi connectivity index (χ4n) is 2.59. The molecule has 0 bridgehead atoms. The summed E-state index contributed by atoms with van der Waals surface area (Å²) in [5.74, 6) is 1.17. The molecule has 0 saturated carbocycles. The molecule has 1 aliphatic rings. The van der Waals surface area contributed by atoms with Crippen LogP contribution in [0.25, 0.3) is 11.3 Å². The van der Waals surface area contributed by atoms with Gasteiger partial charge in [-0.15, -0.1) is 0 Å². The summed E-state index contributed by atoms with van der Waals surface area (Å²) >= 11 is 0. The van der Waals surface area contributed by atoms with Crippen LogP contribution in [0.1, 0.15) is 24.2 Å². The molecular formula is C17H18N2O3. The van der Waals surface area contributed by atoms with Gasteiger partial charge in [0.15, 0.2) is 0 Å². The standard InChI is InChI=1S/C17H18N2O3/c1-3-21-17(20)15-7-10-22-16(15)13-5-4-6-14(11-13)19-9-8-18-12(19)2/h4-7,10-11H,3,8-9H2,1-2H3. The quantitative estimate of drug-likeness (QED) is 0.812. The molecule has 5 nitrogen and oxygen atoms in total. The number of carbonyl (C=O) groups excluding carboxylic acids is 1. The Morgan fingerprint density at radius 2 is 2.27 bits per heavy atom. The molecule has 2 heterocycles. The van der Waals surface area contributed by atoms with E-state index in [1.165, 1.54) is 6.26 Å². The molecule has 0 saturated heterocycles. The minimum atomic E-state index is -0.365. The Labute approximate surface area is 129 Å². The normalized spacial score (nSPS) is 14.1. The molecule has 0 radical (unpaired) electrons. The van der Waals surface area contributed by atoms with Gasteiger partial charge in [-0.1, -0.05) is 12.1 Å². The van der Waals surface area contributed by atoms with Crippen molar-refractivity contribution >= 4 is 17.5 Å². The third kappa shape index (κ3) is 2.62. The van der Waals surface area contributed by atoms with Crippen molar-refractivity contribution in [2.75, 3.05) is 24.6 Å². The van der Waals surface area contributed by atoms with E-state index in [9.17, 15) is 4.79 Å². The number of carbonyl (C=O) groups is 1. The van der Waals surface area contributed by atoms with Crippen molar-refractivity contribution < 1.29 is 13.9 Å². The number of ether oxygens (including phenoxy) is 1. The maximum absolute atomic E-state index is 12.0. The molecule has 0 amide bonds. The summed E-state index contributed by atoms with van der Waals surface area (Å²) in [6, 6.07) is 9.55. The highest BCUT2D eigenvalue weighted by molar-refractivity contribution is 5.99. The molecule has 1 aromatic heterocycles. The molecule has 0 spiro atoms. The number of esters is 1. The van der Waals surface area contributed by atoms with E-state index >= 15 is 0 Å². The number of anilines is 1. The summed E-state index contributed by atoms with van der Waals surface area (Å²) in [5.41, 5.74) is 2.35. The van der Waals surface area contributed by atoms with Crippen LogP contribution in [0.15, 0.2) is 46.0 Å². The van der Waals surface area contributed by atoms with Crippen LogP contribution in [0.2, 0.25) is 0 Å². The van der Waals surface area contributed by atoms with Crippen molar-refractivity contribution in [3.63, 3.8) is 0 Å². The Bertz CT molecular complexity index is 718. The largest absolute Gasteiger partial charge is 0.463 e. The molecule has 2 aromatic rings. The van der Waals surface area contributed by atoms with E-state index in [1.807, 2.05) is 31.2 Å². The number of hydrogen-bond donors (Lipinski definition) is 0. The molecule has 3 rings (SSSR count). The number of hydrogen-bond acceptors (Lipinski definition) is 5. The molecule has 114 valence electrons. The molecule has 5 heteroatoms. The Kier molecular flexibility index (Phi) is 3.96. The minimum Gasteiger partial charge on any atom is -0.463 e. The molecule has 0 fully saturated rings. The van der Waals surface area contributed by atoms with Crippen LogP contribution >= 0.6 is 0 Å². The molecule has 0 N–H and O–H groups in total. The zero-order valence-corrected chi connectivity index (χ0v) is 12.7. The predicted molar refractivity (Wildman–Crippen MR) is 85.4 cm³/mol. The Balaban J connectivity index is 1.95. The van der Waals surface area contributed by atoms with Gasteiger partial charge in [-0.05, 0) is 32.0 Å². The number of furan rings is 1. The number of amidine groups is 1. The van der Waals surface area contributed by atoms with Gasteiger partial charge < -0.3 is 14.1 Å². The molecule has 0 unspecified atom stereocenters. The molecule has 1 aliphatic heterocycles. The van der Waals surface area contributed by atoms with Crippen molar-refractivity contribution in [3.05, 3.63) is 42.2 Å².